The van der Waals surface area contributed by atoms with Gasteiger partial charge < -0.3 is 14.6 Å². The highest BCUT2D eigenvalue weighted by Gasteiger charge is 2.20. The van der Waals surface area contributed by atoms with Crippen molar-refractivity contribution >= 4 is 11.5 Å². The van der Waals surface area contributed by atoms with Crippen LogP contribution in [0.5, 0.6) is 5.75 Å². The number of hydrogen-bond acceptors (Lipinski definition) is 3. The molecule has 0 atom stereocenters. The predicted molar refractivity (Wildman–Crippen MR) is 76.6 cm³/mol. The molecule has 0 aliphatic heterocycles. The van der Waals surface area contributed by atoms with E-state index in [9.17, 15) is 9.90 Å². The number of methoxy groups -OCH3 is 1. The lowest BCUT2D eigenvalue weighted by molar-refractivity contribution is -0.130. The zero-order valence-corrected chi connectivity index (χ0v) is 11.7. The van der Waals surface area contributed by atoms with Crippen LogP contribution in [0.25, 0.3) is 5.57 Å². The Bertz CT molecular complexity index is 487. The van der Waals surface area contributed by atoms with Crippen molar-refractivity contribution in [2.75, 3.05) is 7.11 Å². The Morgan fingerprint density at radius 1 is 1.25 bits per heavy atom. The third-order valence-electron chi connectivity index (χ3n) is 3.49. The van der Waals surface area contributed by atoms with Gasteiger partial charge in [-0.05, 0) is 31.7 Å². The maximum absolute atomic E-state index is 11.3. The minimum atomic E-state index is -1.02. The molecule has 1 aromatic rings. The Balaban J connectivity index is 2.24. The van der Waals surface area contributed by atoms with Crippen LogP contribution in [0.15, 0.2) is 30.5 Å². The summed E-state index contributed by atoms with van der Waals surface area (Å²) in [5, 5.41) is 9.28. The molecule has 1 aliphatic carbocycles. The van der Waals surface area contributed by atoms with Crippen molar-refractivity contribution in [1.82, 2.24) is 0 Å². The fraction of sp³-hybridized carbons (Fsp3) is 0.438. The largest absolute Gasteiger partial charge is 0.503 e. The smallest absolute Gasteiger partial charge is 0.339 e. The van der Waals surface area contributed by atoms with Crippen molar-refractivity contribution in [3.05, 3.63) is 36.1 Å². The van der Waals surface area contributed by atoms with E-state index >= 15 is 0 Å². The van der Waals surface area contributed by atoms with Crippen LogP contribution in [0, 0.1) is 0 Å². The minimum absolute atomic E-state index is 0.110. The molecule has 0 radical (unpaired) electrons. The number of ether oxygens (including phenoxy) is 2. The summed E-state index contributed by atoms with van der Waals surface area (Å²) in [5.74, 6) is -0.406. The Labute approximate surface area is 119 Å². The van der Waals surface area contributed by atoms with Crippen molar-refractivity contribution in [2.24, 2.45) is 0 Å². The molecule has 1 N–H and O–H groups in total. The summed E-state index contributed by atoms with van der Waals surface area (Å²) in [6.07, 6.45) is 7.09. The molecule has 2 rings (SSSR count). The molecule has 0 heterocycles. The second kappa shape index (κ2) is 6.98. The van der Waals surface area contributed by atoms with E-state index in [1.54, 1.807) is 12.1 Å². The maximum Gasteiger partial charge on any atom is 0.339 e. The monoisotopic (exact) mass is 276 g/mol. The fourth-order valence-corrected chi connectivity index (χ4v) is 2.50. The van der Waals surface area contributed by atoms with Gasteiger partial charge in [0.2, 0.25) is 0 Å². The molecule has 1 fully saturated rings. The highest BCUT2D eigenvalue weighted by atomic mass is 16.5. The highest BCUT2D eigenvalue weighted by molar-refractivity contribution is 6.15. The summed E-state index contributed by atoms with van der Waals surface area (Å²) in [6.45, 7) is 0. The number of carbonyl (C=O) groups is 1. The number of carboxylic acid groups (broad SMARTS) is 1. The molecule has 4 heteroatoms. The second-order valence-corrected chi connectivity index (χ2v) is 4.95. The highest BCUT2D eigenvalue weighted by Crippen LogP contribution is 2.30. The molecule has 1 aliphatic rings. The van der Waals surface area contributed by atoms with Gasteiger partial charge >= 0.3 is 5.97 Å². The van der Waals surface area contributed by atoms with Crippen LogP contribution >= 0.6 is 0 Å². The lowest BCUT2D eigenvalue weighted by Crippen LogP contribution is -2.20. The number of carboxylic acids is 1. The van der Waals surface area contributed by atoms with Gasteiger partial charge in [0.25, 0.3) is 0 Å². The average Bonchev–Trinajstić information content (AvgIpc) is 2.46. The Morgan fingerprint density at radius 2 is 1.95 bits per heavy atom. The van der Waals surface area contributed by atoms with Gasteiger partial charge in [-0.1, -0.05) is 24.6 Å². The van der Waals surface area contributed by atoms with Crippen molar-refractivity contribution in [3.8, 4) is 5.75 Å². The normalized spacial score (nSPS) is 16.8. The molecule has 4 nitrogen and oxygen atoms in total. The topological polar surface area (TPSA) is 55.8 Å². The standard InChI is InChI=1S/C16H20O4/c1-19-11-14(16(17)18)13-9-5-6-10-15(13)20-12-7-3-2-4-8-12/h5-6,9-12H,2-4,7-8H2,1H3,(H,17,18)/b14-11+. The van der Waals surface area contributed by atoms with E-state index in [-0.39, 0.29) is 11.7 Å². The molecule has 0 amide bonds. The molecule has 20 heavy (non-hydrogen) atoms. The third-order valence-corrected chi connectivity index (χ3v) is 3.49. The maximum atomic E-state index is 11.3. The van der Waals surface area contributed by atoms with Gasteiger partial charge in [-0.15, -0.1) is 0 Å². The summed E-state index contributed by atoms with van der Waals surface area (Å²) in [5.41, 5.74) is 0.673. The van der Waals surface area contributed by atoms with E-state index in [0.717, 1.165) is 12.8 Å². The van der Waals surface area contributed by atoms with E-state index in [2.05, 4.69) is 0 Å². The quantitative estimate of drug-likeness (QED) is 0.661. The molecule has 0 bridgehead atoms. The van der Waals surface area contributed by atoms with Crippen LogP contribution in [-0.4, -0.2) is 24.3 Å². The SMILES string of the molecule is CO/C=C(/C(=O)O)c1ccccc1OC1CCCCC1. The van der Waals surface area contributed by atoms with Gasteiger partial charge in [0.05, 0.1) is 19.5 Å². The summed E-state index contributed by atoms with van der Waals surface area (Å²) in [4.78, 5) is 11.3. The van der Waals surface area contributed by atoms with Crippen LogP contribution in [0.3, 0.4) is 0 Å². The minimum Gasteiger partial charge on any atom is -0.503 e. The zero-order chi connectivity index (χ0) is 14.4. The summed E-state index contributed by atoms with van der Waals surface area (Å²) in [7, 11) is 1.44. The van der Waals surface area contributed by atoms with Crippen molar-refractivity contribution in [2.45, 2.75) is 38.2 Å². The Kier molecular flexibility index (Phi) is 5.04. The van der Waals surface area contributed by atoms with Crippen molar-refractivity contribution in [3.63, 3.8) is 0 Å². The van der Waals surface area contributed by atoms with Crippen LogP contribution in [0.1, 0.15) is 37.7 Å². The zero-order valence-electron chi connectivity index (χ0n) is 11.7. The number of rotatable bonds is 5. The molecule has 0 saturated heterocycles. The van der Waals surface area contributed by atoms with E-state index in [1.807, 2.05) is 12.1 Å². The van der Waals surface area contributed by atoms with Gasteiger partial charge in [-0.2, -0.15) is 0 Å². The molecule has 1 saturated carbocycles. The molecule has 0 aromatic heterocycles. The lowest BCUT2D eigenvalue weighted by Gasteiger charge is -2.24. The Morgan fingerprint density at radius 3 is 2.60 bits per heavy atom. The van der Waals surface area contributed by atoms with E-state index in [0.29, 0.717) is 11.3 Å². The van der Waals surface area contributed by atoms with Gasteiger partial charge in [0.1, 0.15) is 11.3 Å². The second-order valence-electron chi connectivity index (χ2n) is 4.95. The van der Waals surface area contributed by atoms with Gasteiger partial charge in [0.15, 0.2) is 0 Å². The summed E-state index contributed by atoms with van der Waals surface area (Å²) >= 11 is 0. The van der Waals surface area contributed by atoms with E-state index < -0.39 is 5.97 Å². The lowest BCUT2D eigenvalue weighted by atomic mass is 9.97. The first-order valence-electron chi connectivity index (χ1n) is 6.94. The first-order valence-corrected chi connectivity index (χ1v) is 6.94. The number of aliphatic carboxylic acids is 1. The molecular weight excluding hydrogens is 256 g/mol. The van der Waals surface area contributed by atoms with Crippen LogP contribution in [0.2, 0.25) is 0 Å². The first-order chi connectivity index (χ1) is 9.72. The number of para-hydroxylation sites is 1. The number of benzene rings is 1. The first kappa shape index (κ1) is 14.4. The van der Waals surface area contributed by atoms with Gasteiger partial charge in [-0.3, -0.25) is 0 Å². The van der Waals surface area contributed by atoms with E-state index in [1.165, 1.54) is 32.6 Å². The molecular formula is C16H20O4. The average molecular weight is 276 g/mol. The van der Waals surface area contributed by atoms with Gasteiger partial charge in [-0.25, -0.2) is 4.79 Å². The third kappa shape index (κ3) is 3.53. The predicted octanol–water partition coefficient (Wildman–Crippen LogP) is 3.47. The van der Waals surface area contributed by atoms with Gasteiger partial charge in [0, 0.05) is 5.56 Å². The summed E-state index contributed by atoms with van der Waals surface area (Å²) in [6, 6.07) is 7.22. The van der Waals surface area contributed by atoms with Crippen molar-refractivity contribution in [1.29, 1.82) is 0 Å². The van der Waals surface area contributed by atoms with E-state index in [4.69, 9.17) is 9.47 Å². The van der Waals surface area contributed by atoms with Crippen LogP contribution < -0.4 is 4.74 Å². The molecule has 108 valence electrons. The molecule has 1 aromatic carbocycles. The summed E-state index contributed by atoms with van der Waals surface area (Å²) < 4.78 is 10.9. The van der Waals surface area contributed by atoms with Crippen molar-refractivity contribution < 1.29 is 19.4 Å². The molecule has 0 unspecified atom stereocenters. The molecule has 0 spiro atoms. The fourth-order valence-electron chi connectivity index (χ4n) is 2.50. The van der Waals surface area contributed by atoms with Crippen LogP contribution in [-0.2, 0) is 9.53 Å². The van der Waals surface area contributed by atoms with Crippen LogP contribution in [0.4, 0.5) is 0 Å². The number of hydrogen-bond donors (Lipinski definition) is 1. The Hall–Kier alpha value is -1.97.